The minimum absolute atomic E-state index is 0.0395. The van der Waals surface area contributed by atoms with Crippen molar-refractivity contribution in [1.82, 2.24) is 9.21 Å². The molecule has 1 aliphatic rings. The smallest absolute Gasteiger partial charge is 0.243 e. The standard InChI is InChI=1S/C20H24N2O3S2/c1-21(15-17-7-3-2-4-8-17)20(23)16-26-18-9-11-19(12-10-18)27(24,25)22-13-5-6-14-22/h2-4,7-12H,5-6,13-16H2,1H3. The molecule has 0 atom stereocenters. The predicted molar refractivity (Wildman–Crippen MR) is 108 cm³/mol. The van der Waals surface area contributed by atoms with Gasteiger partial charge in [0.15, 0.2) is 0 Å². The lowest BCUT2D eigenvalue weighted by atomic mass is 10.2. The Bertz CT molecular complexity index is 862. The molecule has 1 aliphatic heterocycles. The van der Waals surface area contributed by atoms with Gasteiger partial charge >= 0.3 is 0 Å². The maximum Gasteiger partial charge on any atom is 0.243 e. The third-order valence-electron chi connectivity index (χ3n) is 4.58. The van der Waals surface area contributed by atoms with Crippen molar-refractivity contribution < 1.29 is 13.2 Å². The molecule has 0 radical (unpaired) electrons. The molecule has 1 heterocycles. The number of rotatable bonds is 7. The Kier molecular flexibility index (Phi) is 6.57. The van der Waals surface area contributed by atoms with E-state index in [9.17, 15) is 13.2 Å². The van der Waals surface area contributed by atoms with Gasteiger partial charge in [0.05, 0.1) is 10.6 Å². The van der Waals surface area contributed by atoms with Gasteiger partial charge in [-0.1, -0.05) is 30.3 Å². The maximum absolute atomic E-state index is 12.5. The van der Waals surface area contributed by atoms with Crippen molar-refractivity contribution in [3.63, 3.8) is 0 Å². The quantitative estimate of drug-likeness (QED) is 0.665. The lowest BCUT2D eigenvalue weighted by molar-refractivity contribution is -0.127. The summed E-state index contributed by atoms with van der Waals surface area (Å²) in [6, 6.07) is 16.7. The summed E-state index contributed by atoms with van der Waals surface area (Å²) in [4.78, 5) is 15.2. The molecule has 2 aromatic rings. The first-order chi connectivity index (χ1) is 13.0. The van der Waals surface area contributed by atoms with Gasteiger partial charge in [-0.25, -0.2) is 8.42 Å². The molecule has 27 heavy (non-hydrogen) atoms. The van der Waals surface area contributed by atoms with Gasteiger partial charge in [0.2, 0.25) is 15.9 Å². The third-order valence-corrected chi connectivity index (χ3v) is 7.49. The van der Waals surface area contributed by atoms with Crippen LogP contribution in [0.15, 0.2) is 64.4 Å². The van der Waals surface area contributed by atoms with Crippen LogP contribution in [0.5, 0.6) is 0 Å². The molecule has 1 amide bonds. The third kappa shape index (κ3) is 5.12. The van der Waals surface area contributed by atoms with Gasteiger partial charge in [-0.15, -0.1) is 11.8 Å². The van der Waals surface area contributed by atoms with E-state index in [1.165, 1.54) is 16.1 Å². The Balaban J connectivity index is 1.54. The van der Waals surface area contributed by atoms with Crippen LogP contribution in [0.25, 0.3) is 0 Å². The maximum atomic E-state index is 12.5. The Labute approximate surface area is 165 Å². The largest absolute Gasteiger partial charge is 0.341 e. The average Bonchev–Trinajstić information content (AvgIpc) is 3.23. The molecule has 0 spiro atoms. The van der Waals surface area contributed by atoms with E-state index >= 15 is 0 Å². The van der Waals surface area contributed by atoms with Crippen molar-refractivity contribution in [3.05, 3.63) is 60.2 Å². The van der Waals surface area contributed by atoms with Crippen molar-refractivity contribution in [3.8, 4) is 0 Å². The van der Waals surface area contributed by atoms with E-state index in [1.54, 1.807) is 36.2 Å². The zero-order valence-electron chi connectivity index (χ0n) is 15.4. The zero-order chi connectivity index (χ0) is 19.3. The minimum Gasteiger partial charge on any atom is -0.341 e. The van der Waals surface area contributed by atoms with Crippen LogP contribution in [0.3, 0.4) is 0 Å². The molecular weight excluding hydrogens is 380 g/mol. The highest BCUT2D eigenvalue weighted by atomic mass is 32.2. The zero-order valence-corrected chi connectivity index (χ0v) is 17.0. The van der Waals surface area contributed by atoms with Crippen LogP contribution in [0, 0.1) is 0 Å². The number of benzene rings is 2. The van der Waals surface area contributed by atoms with Crippen LogP contribution in [-0.2, 0) is 21.4 Å². The van der Waals surface area contributed by atoms with Crippen LogP contribution >= 0.6 is 11.8 Å². The van der Waals surface area contributed by atoms with E-state index < -0.39 is 10.0 Å². The van der Waals surface area contributed by atoms with E-state index in [0.717, 1.165) is 23.3 Å². The molecule has 0 unspecified atom stereocenters. The highest BCUT2D eigenvalue weighted by molar-refractivity contribution is 8.00. The Morgan fingerprint density at radius 3 is 2.30 bits per heavy atom. The second-order valence-electron chi connectivity index (χ2n) is 6.61. The minimum atomic E-state index is -3.39. The van der Waals surface area contributed by atoms with E-state index in [2.05, 4.69) is 0 Å². The molecule has 0 aromatic heterocycles. The molecular formula is C20H24N2O3S2. The number of hydrogen-bond acceptors (Lipinski definition) is 4. The molecule has 2 aromatic carbocycles. The molecule has 7 heteroatoms. The van der Waals surface area contributed by atoms with Gasteiger partial charge in [-0.3, -0.25) is 4.79 Å². The molecule has 144 valence electrons. The number of thioether (sulfide) groups is 1. The first-order valence-electron chi connectivity index (χ1n) is 8.98. The van der Waals surface area contributed by atoms with Gasteiger partial charge < -0.3 is 4.90 Å². The van der Waals surface area contributed by atoms with Crippen molar-refractivity contribution in [2.24, 2.45) is 0 Å². The van der Waals surface area contributed by atoms with Crippen molar-refractivity contribution in [1.29, 1.82) is 0 Å². The predicted octanol–water partition coefficient (Wildman–Crippen LogP) is 3.22. The van der Waals surface area contributed by atoms with Gasteiger partial charge in [0, 0.05) is 31.6 Å². The van der Waals surface area contributed by atoms with Crippen molar-refractivity contribution in [2.75, 3.05) is 25.9 Å². The van der Waals surface area contributed by atoms with Gasteiger partial charge in [-0.2, -0.15) is 4.31 Å². The summed E-state index contributed by atoms with van der Waals surface area (Å²) >= 11 is 1.42. The van der Waals surface area contributed by atoms with E-state index in [0.29, 0.717) is 30.3 Å². The number of sulfonamides is 1. The fourth-order valence-corrected chi connectivity index (χ4v) is 5.34. The number of amides is 1. The normalized spacial score (nSPS) is 15.0. The van der Waals surface area contributed by atoms with Crippen molar-refractivity contribution in [2.45, 2.75) is 29.2 Å². The second kappa shape index (κ2) is 8.91. The molecule has 0 bridgehead atoms. The van der Waals surface area contributed by atoms with Crippen LogP contribution in [0.1, 0.15) is 18.4 Å². The summed E-state index contributed by atoms with van der Waals surface area (Å²) in [6.07, 6.45) is 1.84. The molecule has 3 rings (SSSR count). The number of nitrogens with zero attached hydrogens (tertiary/aromatic N) is 2. The summed E-state index contributed by atoms with van der Waals surface area (Å²) < 4.78 is 26.6. The topological polar surface area (TPSA) is 57.7 Å². The number of carbonyl (C=O) groups excluding carboxylic acids is 1. The number of hydrogen-bond donors (Lipinski definition) is 0. The molecule has 0 aliphatic carbocycles. The SMILES string of the molecule is CN(Cc1ccccc1)C(=O)CSc1ccc(S(=O)(=O)N2CCCC2)cc1. The van der Waals surface area contributed by atoms with E-state index in [-0.39, 0.29) is 5.91 Å². The van der Waals surface area contributed by atoms with Gasteiger partial charge in [0.1, 0.15) is 0 Å². The highest BCUT2D eigenvalue weighted by Gasteiger charge is 2.26. The van der Waals surface area contributed by atoms with E-state index in [4.69, 9.17) is 0 Å². The molecule has 0 N–H and O–H groups in total. The molecule has 5 nitrogen and oxygen atoms in total. The van der Waals surface area contributed by atoms with Crippen LogP contribution in [0.2, 0.25) is 0 Å². The first-order valence-corrected chi connectivity index (χ1v) is 11.4. The van der Waals surface area contributed by atoms with Gasteiger partial charge in [0.25, 0.3) is 0 Å². The molecule has 1 saturated heterocycles. The fourth-order valence-electron chi connectivity index (χ4n) is 2.99. The Morgan fingerprint density at radius 2 is 1.67 bits per heavy atom. The fraction of sp³-hybridized carbons (Fsp3) is 0.350. The van der Waals surface area contributed by atoms with Crippen LogP contribution in [-0.4, -0.2) is 49.4 Å². The summed E-state index contributed by atoms with van der Waals surface area (Å²) in [5, 5.41) is 0. The lowest BCUT2D eigenvalue weighted by Crippen LogP contribution is -2.28. The van der Waals surface area contributed by atoms with E-state index in [1.807, 2.05) is 30.3 Å². The summed E-state index contributed by atoms with van der Waals surface area (Å²) in [5.74, 6) is 0.360. The van der Waals surface area contributed by atoms with Crippen molar-refractivity contribution >= 4 is 27.7 Å². The number of carbonyl (C=O) groups is 1. The van der Waals surface area contributed by atoms with Gasteiger partial charge in [-0.05, 0) is 42.7 Å². The monoisotopic (exact) mass is 404 g/mol. The Morgan fingerprint density at radius 1 is 1.04 bits per heavy atom. The summed E-state index contributed by atoms with van der Waals surface area (Å²) in [7, 11) is -1.59. The molecule has 1 fully saturated rings. The first kappa shape index (κ1) is 19.9. The van der Waals surface area contributed by atoms with Crippen LogP contribution < -0.4 is 0 Å². The average molecular weight is 405 g/mol. The van der Waals surface area contributed by atoms with Crippen LogP contribution in [0.4, 0.5) is 0 Å². The lowest BCUT2D eigenvalue weighted by Gasteiger charge is -2.17. The summed E-state index contributed by atoms with van der Waals surface area (Å²) in [6.45, 7) is 1.77. The summed E-state index contributed by atoms with van der Waals surface area (Å²) in [5.41, 5.74) is 1.09. The molecule has 0 saturated carbocycles. The Hall–Kier alpha value is -1.83. The highest BCUT2D eigenvalue weighted by Crippen LogP contribution is 2.24. The second-order valence-corrected chi connectivity index (χ2v) is 9.59.